The van der Waals surface area contributed by atoms with Gasteiger partial charge in [-0.25, -0.2) is 9.59 Å². The van der Waals surface area contributed by atoms with Crippen molar-refractivity contribution < 1.29 is 23.8 Å². The summed E-state index contributed by atoms with van der Waals surface area (Å²) in [5.41, 5.74) is -1.76. The number of nitrogens with one attached hydrogen (secondary N) is 2. The molecule has 0 saturated heterocycles. The molecule has 32 heavy (non-hydrogen) atoms. The van der Waals surface area contributed by atoms with Gasteiger partial charge in [-0.1, -0.05) is 30.3 Å². The van der Waals surface area contributed by atoms with Crippen LogP contribution in [0.3, 0.4) is 0 Å². The third kappa shape index (κ3) is 5.60. The highest BCUT2D eigenvalue weighted by Crippen LogP contribution is 2.28. The molecule has 10 heteroatoms. The van der Waals surface area contributed by atoms with E-state index in [1.54, 1.807) is 27.7 Å². The largest absolute Gasteiger partial charge is 0.477 e. The molecule has 1 aromatic carbocycles. The van der Waals surface area contributed by atoms with Gasteiger partial charge in [-0.05, 0) is 39.3 Å². The van der Waals surface area contributed by atoms with Crippen LogP contribution in [0.5, 0.6) is 0 Å². The maximum atomic E-state index is 12.5. The quantitative estimate of drug-likeness (QED) is 0.530. The van der Waals surface area contributed by atoms with E-state index in [0.29, 0.717) is 6.42 Å². The van der Waals surface area contributed by atoms with Crippen LogP contribution < -0.4 is 10.9 Å². The predicted octanol–water partition coefficient (Wildman–Crippen LogP) is 3.11. The molecule has 0 saturated carbocycles. The van der Waals surface area contributed by atoms with Crippen molar-refractivity contribution in [3.63, 3.8) is 0 Å². The second-order valence-corrected chi connectivity index (χ2v) is 8.49. The normalized spacial score (nSPS) is 13.2. The maximum absolute atomic E-state index is 12.5. The lowest BCUT2D eigenvalue weighted by Gasteiger charge is -2.29. The summed E-state index contributed by atoms with van der Waals surface area (Å²) in [6.45, 7) is 6.96. The van der Waals surface area contributed by atoms with E-state index in [0.717, 1.165) is 11.6 Å². The number of hydrogen-bond acceptors (Lipinski definition) is 7. The zero-order valence-corrected chi connectivity index (χ0v) is 18.1. The summed E-state index contributed by atoms with van der Waals surface area (Å²) in [5.74, 6) is -1.29. The molecule has 3 rings (SSSR count). The molecule has 0 aliphatic heterocycles. The van der Waals surface area contributed by atoms with Gasteiger partial charge >= 0.3 is 12.1 Å². The Morgan fingerprint density at radius 1 is 1.12 bits per heavy atom. The predicted molar refractivity (Wildman–Crippen MR) is 114 cm³/mol. The maximum Gasteiger partial charge on any atom is 0.408 e. The van der Waals surface area contributed by atoms with Gasteiger partial charge in [-0.3, -0.25) is 4.79 Å². The van der Waals surface area contributed by atoms with Crippen LogP contribution in [0.1, 0.15) is 49.6 Å². The number of carbonyl (C=O) groups is 2. The van der Waals surface area contributed by atoms with E-state index >= 15 is 0 Å². The number of aromatic carboxylic acids is 1. The van der Waals surface area contributed by atoms with E-state index in [4.69, 9.17) is 9.15 Å². The van der Waals surface area contributed by atoms with E-state index in [-0.39, 0.29) is 23.0 Å². The van der Waals surface area contributed by atoms with Crippen LogP contribution >= 0.6 is 0 Å². The molecule has 0 unspecified atom stereocenters. The van der Waals surface area contributed by atoms with Gasteiger partial charge in [-0.2, -0.15) is 0 Å². The minimum Gasteiger partial charge on any atom is -0.477 e. The zero-order chi connectivity index (χ0) is 23.5. The average molecular weight is 440 g/mol. The number of hydrogen-bond donors (Lipinski definition) is 3. The smallest absolute Gasteiger partial charge is 0.408 e. The molecule has 10 nitrogen and oxygen atoms in total. The molecule has 3 N–H and O–H groups in total. The molecule has 0 aliphatic rings. The van der Waals surface area contributed by atoms with Crippen molar-refractivity contribution in [3.05, 3.63) is 70.0 Å². The molecule has 0 radical (unpaired) electrons. The summed E-state index contributed by atoms with van der Waals surface area (Å²) < 4.78 is 11.2. The molecule has 1 amide bonds. The van der Waals surface area contributed by atoms with E-state index in [1.807, 2.05) is 30.3 Å². The fourth-order valence-electron chi connectivity index (χ4n) is 3.05. The van der Waals surface area contributed by atoms with Gasteiger partial charge in [0.15, 0.2) is 0 Å². The van der Waals surface area contributed by atoms with Crippen molar-refractivity contribution in [1.29, 1.82) is 0 Å². The molecule has 3 aromatic rings. The highest BCUT2D eigenvalue weighted by atomic mass is 16.6. The van der Waals surface area contributed by atoms with Gasteiger partial charge in [0.05, 0.1) is 0 Å². The lowest BCUT2D eigenvalue weighted by Crippen LogP contribution is -2.47. The SMILES string of the molecule is CC(C)(C)OC(=O)N[C@@](C)(Cc1ccccc1)c1nnc(-c2cc(C(=O)O)[nH]c(=O)c2)o1. The lowest BCUT2D eigenvalue weighted by atomic mass is 9.92. The first kappa shape index (κ1) is 22.7. The van der Waals surface area contributed by atoms with Crippen LogP contribution in [-0.2, 0) is 16.7 Å². The first-order valence-corrected chi connectivity index (χ1v) is 9.82. The van der Waals surface area contributed by atoms with Crippen molar-refractivity contribution in [1.82, 2.24) is 20.5 Å². The van der Waals surface area contributed by atoms with Crippen molar-refractivity contribution in [2.75, 3.05) is 0 Å². The number of carboxylic acids is 1. The number of carboxylic acid groups (broad SMARTS) is 1. The number of ether oxygens (including phenoxy) is 1. The Morgan fingerprint density at radius 3 is 2.44 bits per heavy atom. The van der Waals surface area contributed by atoms with E-state index < -0.39 is 28.8 Å². The Bertz CT molecular complexity index is 1180. The molecule has 0 spiro atoms. The first-order valence-electron chi connectivity index (χ1n) is 9.82. The van der Waals surface area contributed by atoms with Crippen molar-refractivity contribution in [2.45, 2.75) is 45.3 Å². The Hall–Kier alpha value is -3.95. The van der Waals surface area contributed by atoms with Crippen LogP contribution in [-0.4, -0.2) is 38.0 Å². The molecule has 1 atom stereocenters. The first-order chi connectivity index (χ1) is 14.9. The number of H-pyrrole nitrogens is 1. The van der Waals surface area contributed by atoms with Crippen LogP contribution in [0.4, 0.5) is 4.79 Å². The Labute approximate surface area is 183 Å². The van der Waals surface area contributed by atoms with E-state index in [9.17, 15) is 19.5 Å². The minimum atomic E-state index is -1.30. The molecule has 0 bridgehead atoms. The third-order valence-corrected chi connectivity index (χ3v) is 4.40. The number of carbonyl (C=O) groups excluding carboxylic acids is 1. The molecule has 168 valence electrons. The van der Waals surface area contributed by atoms with Crippen molar-refractivity contribution in [3.8, 4) is 11.5 Å². The summed E-state index contributed by atoms with van der Waals surface area (Å²) in [6, 6.07) is 11.8. The van der Waals surface area contributed by atoms with Gasteiger partial charge in [0.1, 0.15) is 16.8 Å². The number of rotatable bonds is 6. The molecule has 0 aliphatic carbocycles. The van der Waals surface area contributed by atoms with Crippen molar-refractivity contribution in [2.24, 2.45) is 0 Å². The Morgan fingerprint density at radius 2 is 1.81 bits per heavy atom. The summed E-state index contributed by atoms with van der Waals surface area (Å²) >= 11 is 0. The molecule has 0 fully saturated rings. The zero-order valence-electron chi connectivity index (χ0n) is 18.1. The highest BCUT2D eigenvalue weighted by molar-refractivity contribution is 5.86. The van der Waals surface area contributed by atoms with Crippen molar-refractivity contribution >= 4 is 12.1 Å². The summed E-state index contributed by atoms with van der Waals surface area (Å²) in [5, 5.41) is 20.0. The summed E-state index contributed by atoms with van der Waals surface area (Å²) in [6.07, 6.45) is -0.357. The Balaban J connectivity index is 1.99. The van der Waals surface area contributed by atoms with Gasteiger partial charge in [0.2, 0.25) is 17.3 Å². The standard InChI is InChI=1S/C22H24N4O6/c1-21(2,3)32-20(30)24-22(4,12-13-8-6-5-7-9-13)19-26-25-17(31-19)14-10-15(18(28)29)23-16(27)11-14/h5-11H,12H2,1-4H3,(H,23,27)(H,24,30)(H,28,29)/t22-/m0/s1. The van der Waals surface area contributed by atoms with Gasteiger partial charge in [0, 0.05) is 18.1 Å². The molecular formula is C22H24N4O6. The number of alkyl carbamates (subject to hydrolysis) is 1. The van der Waals surface area contributed by atoms with E-state index in [2.05, 4.69) is 20.5 Å². The number of nitrogens with zero attached hydrogens (tertiary/aromatic N) is 2. The second kappa shape index (κ2) is 8.66. The number of pyridine rings is 1. The fraction of sp³-hybridized carbons (Fsp3) is 0.318. The van der Waals surface area contributed by atoms with Gasteiger partial charge in [-0.15, -0.1) is 10.2 Å². The number of aromatic nitrogens is 3. The van der Waals surface area contributed by atoms with Crippen LogP contribution in [0.2, 0.25) is 0 Å². The lowest BCUT2D eigenvalue weighted by molar-refractivity contribution is 0.0443. The minimum absolute atomic E-state index is 0.0566. The fourth-order valence-corrected chi connectivity index (χ4v) is 3.05. The number of amides is 1. The summed E-state index contributed by atoms with van der Waals surface area (Å²) in [4.78, 5) is 37.8. The monoisotopic (exact) mass is 440 g/mol. The molecular weight excluding hydrogens is 416 g/mol. The average Bonchev–Trinajstić information content (AvgIpc) is 3.17. The van der Waals surface area contributed by atoms with Crippen LogP contribution in [0, 0.1) is 0 Å². The summed E-state index contributed by atoms with van der Waals surface area (Å²) in [7, 11) is 0. The van der Waals surface area contributed by atoms with Gasteiger partial charge in [0.25, 0.3) is 0 Å². The van der Waals surface area contributed by atoms with Crippen LogP contribution in [0.15, 0.2) is 51.7 Å². The third-order valence-electron chi connectivity index (χ3n) is 4.40. The molecule has 2 heterocycles. The second-order valence-electron chi connectivity index (χ2n) is 8.49. The highest BCUT2D eigenvalue weighted by Gasteiger charge is 2.36. The van der Waals surface area contributed by atoms with Crippen LogP contribution in [0.25, 0.3) is 11.5 Å². The van der Waals surface area contributed by atoms with Gasteiger partial charge < -0.3 is 24.6 Å². The van der Waals surface area contributed by atoms with E-state index in [1.165, 1.54) is 6.07 Å². The topological polar surface area (TPSA) is 147 Å². The number of benzene rings is 1. The molecule has 2 aromatic heterocycles. The number of aromatic amines is 1. The Kier molecular flexibility index (Phi) is 6.15.